The fourth-order valence-corrected chi connectivity index (χ4v) is 2.90. The molecular weight excluding hydrogens is 306 g/mol. The lowest BCUT2D eigenvalue weighted by Gasteiger charge is -2.34. The zero-order valence-corrected chi connectivity index (χ0v) is 15.1. The summed E-state index contributed by atoms with van der Waals surface area (Å²) in [6.07, 6.45) is 4.37. The third kappa shape index (κ3) is 5.37. The Morgan fingerprint density at radius 3 is 2.54 bits per heavy atom. The molecule has 1 fully saturated rings. The van der Waals surface area contributed by atoms with Gasteiger partial charge in [0, 0.05) is 31.4 Å². The molecule has 0 aliphatic carbocycles. The Balaban J connectivity index is 1.80. The van der Waals surface area contributed by atoms with Crippen LogP contribution >= 0.6 is 0 Å². The molecule has 0 radical (unpaired) electrons. The molecule has 1 aromatic rings. The molecule has 0 saturated carbocycles. The molecule has 1 aliphatic rings. The van der Waals surface area contributed by atoms with Gasteiger partial charge in [-0.2, -0.15) is 0 Å². The maximum atomic E-state index is 12.1. The molecular formula is C18H29N3O3. The maximum Gasteiger partial charge on any atom is 0.410 e. The first-order chi connectivity index (χ1) is 11.3. The van der Waals surface area contributed by atoms with Crippen LogP contribution in [-0.4, -0.2) is 41.8 Å². The van der Waals surface area contributed by atoms with Crippen LogP contribution in [0.5, 0.6) is 5.88 Å². The summed E-state index contributed by atoms with van der Waals surface area (Å²) in [5.41, 5.74) is 6.88. The molecule has 1 aliphatic heterocycles. The van der Waals surface area contributed by atoms with Crippen LogP contribution in [-0.2, 0) is 4.74 Å². The molecule has 1 atom stereocenters. The minimum Gasteiger partial charge on any atom is -0.481 e. The molecule has 2 rings (SSSR count). The number of likely N-dealkylation sites (tertiary alicyclic amines) is 1. The zero-order chi connectivity index (χ0) is 17.7. The van der Waals surface area contributed by atoms with E-state index < -0.39 is 5.60 Å². The number of rotatable bonds is 4. The van der Waals surface area contributed by atoms with Crippen molar-refractivity contribution in [3.05, 3.63) is 23.9 Å². The highest BCUT2D eigenvalue weighted by Crippen LogP contribution is 2.28. The van der Waals surface area contributed by atoms with Crippen molar-refractivity contribution in [3.8, 4) is 5.88 Å². The number of aromatic nitrogens is 1. The van der Waals surface area contributed by atoms with Gasteiger partial charge in [-0.3, -0.25) is 0 Å². The number of ether oxygens (including phenoxy) is 2. The van der Waals surface area contributed by atoms with Gasteiger partial charge in [0.15, 0.2) is 0 Å². The number of nitrogens with two attached hydrogens (primary N) is 1. The predicted molar refractivity (Wildman–Crippen MR) is 92.9 cm³/mol. The van der Waals surface area contributed by atoms with Crippen LogP contribution in [0, 0.1) is 5.92 Å². The van der Waals surface area contributed by atoms with Gasteiger partial charge >= 0.3 is 6.09 Å². The summed E-state index contributed by atoms with van der Waals surface area (Å²) >= 11 is 0. The van der Waals surface area contributed by atoms with Crippen molar-refractivity contribution in [2.75, 3.05) is 20.2 Å². The average Bonchev–Trinajstić information content (AvgIpc) is 2.54. The fourth-order valence-electron chi connectivity index (χ4n) is 2.90. The number of hydrogen-bond donors (Lipinski definition) is 1. The minimum atomic E-state index is -0.447. The molecule has 6 heteroatoms. The van der Waals surface area contributed by atoms with Crippen LogP contribution in [0.4, 0.5) is 4.79 Å². The fraction of sp³-hybridized carbons (Fsp3) is 0.667. The van der Waals surface area contributed by atoms with Crippen molar-refractivity contribution in [2.24, 2.45) is 11.7 Å². The summed E-state index contributed by atoms with van der Waals surface area (Å²) in [4.78, 5) is 18.1. The van der Waals surface area contributed by atoms with Crippen molar-refractivity contribution in [1.29, 1.82) is 0 Å². The average molecular weight is 335 g/mol. The quantitative estimate of drug-likeness (QED) is 0.914. The Bertz CT molecular complexity index is 531. The minimum absolute atomic E-state index is 0.0403. The van der Waals surface area contributed by atoms with Gasteiger partial charge in [-0.05, 0) is 51.5 Å². The van der Waals surface area contributed by atoms with Crippen LogP contribution in [0.3, 0.4) is 0 Å². The van der Waals surface area contributed by atoms with Crippen molar-refractivity contribution in [3.63, 3.8) is 0 Å². The van der Waals surface area contributed by atoms with Crippen molar-refractivity contribution in [2.45, 2.75) is 51.7 Å². The molecule has 1 amide bonds. The first-order valence-corrected chi connectivity index (χ1v) is 8.52. The Hall–Kier alpha value is -1.82. The number of hydrogen-bond acceptors (Lipinski definition) is 5. The lowest BCUT2D eigenvalue weighted by atomic mass is 9.88. The first kappa shape index (κ1) is 18.5. The Morgan fingerprint density at radius 1 is 1.38 bits per heavy atom. The summed E-state index contributed by atoms with van der Waals surface area (Å²) in [7, 11) is 1.60. The second-order valence-corrected chi connectivity index (χ2v) is 7.39. The number of pyridine rings is 1. The SMILES string of the molecule is COc1ccc(C(N)CC2CCN(C(=O)OC(C)(C)C)CC2)cn1. The molecule has 0 bridgehead atoms. The van der Waals surface area contributed by atoms with Gasteiger partial charge < -0.3 is 20.1 Å². The van der Waals surface area contributed by atoms with Crippen LogP contribution in [0.25, 0.3) is 0 Å². The van der Waals surface area contributed by atoms with E-state index in [1.807, 2.05) is 32.9 Å². The van der Waals surface area contributed by atoms with Crippen molar-refractivity contribution < 1.29 is 14.3 Å². The smallest absolute Gasteiger partial charge is 0.410 e. The van der Waals surface area contributed by atoms with E-state index in [1.165, 1.54) is 0 Å². The van der Waals surface area contributed by atoms with Gasteiger partial charge in [0.25, 0.3) is 0 Å². The number of piperidine rings is 1. The van der Waals surface area contributed by atoms with Gasteiger partial charge in [0.05, 0.1) is 7.11 Å². The van der Waals surface area contributed by atoms with E-state index in [9.17, 15) is 4.79 Å². The Morgan fingerprint density at radius 2 is 2.04 bits per heavy atom. The van der Waals surface area contributed by atoms with E-state index >= 15 is 0 Å². The monoisotopic (exact) mass is 335 g/mol. The molecule has 134 valence electrons. The molecule has 0 aromatic carbocycles. The van der Waals surface area contributed by atoms with Crippen LogP contribution in [0.1, 0.15) is 51.6 Å². The van der Waals surface area contributed by atoms with Crippen LogP contribution < -0.4 is 10.5 Å². The maximum absolute atomic E-state index is 12.1. The van der Waals surface area contributed by atoms with Gasteiger partial charge in [0.2, 0.25) is 5.88 Å². The Kier molecular flexibility index (Phi) is 6.04. The molecule has 1 aromatic heterocycles. The molecule has 1 saturated heterocycles. The normalized spacial score (nSPS) is 17.5. The van der Waals surface area contributed by atoms with E-state index in [1.54, 1.807) is 18.2 Å². The van der Waals surface area contributed by atoms with E-state index in [4.69, 9.17) is 15.2 Å². The highest BCUT2D eigenvalue weighted by molar-refractivity contribution is 5.68. The second kappa shape index (κ2) is 7.83. The number of carbonyl (C=O) groups is 1. The third-order valence-electron chi connectivity index (χ3n) is 4.25. The van der Waals surface area contributed by atoms with Gasteiger partial charge in [-0.1, -0.05) is 6.07 Å². The summed E-state index contributed by atoms with van der Waals surface area (Å²) < 4.78 is 10.5. The first-order valence-electron chi connectivity index (χ1n) is 8.52. The number of methoxy groups -OCH3 is 1. The standard InChI is InChI=1S/C18H29N3O3/c1-18(2,3)24-17(22)21-9-7-13(8-10-21)11-15(19)14-5-6-16(23-4)20-12-14/h5-6,12-13,15H,7-11,19H2,1-4H3. The molecule has 6 nitrogen and oxygen atoms in total. The van der Waals surface area contributed by atoms with Crippen molar-refractivity contribution in [1.82, 2.24) is 9.88 Å². The summed E-state index contributed by atoms with van der Waals surface area (Å²) in [5, 5.41) is 0. The highest BCUT2D eigenvalue weighted by atomic mass is 16.6. The predicted octanol–water partition coefficient (Wildman–Crippen LogP) is 3.13. The largest absolute Gasteiger partial charge is 0.481 e. The van der Waals surface area contributed by atoms with Crippen LogP contribution in [0.2, 0.25) is 0 Å². The third-order valence-corrected chi connectivity index (χ3v) is 4.25. The van der Waals surface area contributed by atoms with Gasteiger partial charge in [-0.25, -0.2) is 9.78 Å². The van der Waals surface area contributed by atoms with Crippen molar-refractivity contribution >= 4 is 6.09 Å². The number of nitrogens with zero attached hydrogens (tertiary/aromatic N) is 2. The summed E-state index contributed by atoms with van der Waals surface area (Å²) in [6, 6.07) is 3.76. The molecule has 1 unspecified atom stereocenters. The molecule has 2 N–H and O–H groups in total. The molecule has 2 heterocycles. The molecule has 0 spiro atoms. The van der Waals surface area contributed by atoms with Gasteiger partial charge in [-0.15, -0.1) is 0 Å². The van der Waals surface area contributed by atoms with E-state index in [-0.39, 0.29) is 12.1 Å². The lowest BCUT2D eigenvalue weighted by molar-refractivity contribution is 0.0179. The Labute approximate surface area is 144 Å². The lowest BCUT2D eigenvalue weighted by Crippen LogP contribution is -2.42. The van der Waals surface area contributed by atoms with Gasteiger partial charge in [0.1, 0.15) is 5.60 Å². The topological polar surface area (TPSA) is 77.7 Å². The van der Waals surface area contributed by atoms with E-state index in [0.29, 0.717) is 11.8 Å². The van der Waals surface area contributed by atoms with E-state index in [0.717, 1.165) is 37.9 Å². The van der Waals surface area contributed by atoms with Crippen LogP contribution in [0.15, 0.2) is 18.3 Å². The molecule has 24 heavy (non-hydrogen) atoms. The second-order valence-electron chi connectivity index (χ2n) is 7.39. The number of carbonyl (C=O) groups excluding carboxylic acids is 1. The zero-order valence-electron chi connectivity index (χ0n) is 15.1. The number of amides is 1. The highest BCUT2D eigenvalue weighted by Gasteiger charge is 2.27. The van der Waals surface area contributed by atoms with E-state index in [2.05, 4.69) is 4.98 Å². The summed E-state index contributed by atoms with van der Waals surface area (Å²) in [5.74, 6) is 1.11. The summed E-state index contributed by atoms with van der Waals surface area (Å²) in [6.45, 7) is 7.12.